The number of amides is 1. The minimum Gasteiger partial charge on any atom is -0.356 e. The summed E-state index contributed by atoms with van der Waals surface area (Å²) in [6, 6.07) is 12.1. The first-order chi connectivity index (χ1) is 9.24. The highest BCUT2D eigenvalue weighted by atomic mass is 79.9. The summed E-state index contributed by atoms with van der Waals surface area (Å²) in [5.41, 5.74) is 1.78. The van der Waals surface area contributed by atoms with E-state index < -0.39 is 0 Å². The molecule has 1 atom stereocenters. The van der Waals surface area contributed by atoms with Gasteiger partial charge in [0.05, 0.1) is 6.04 Å². The van der Waals surface area contributed by atoms with Crippen LogP contribution in [0.2, 0.25) is 0 Å². The largest absolute Gasteiger partial charge is 0.356 e. The number of rotatable bonds is 4. The predicted octanol–water partition coefficient (Wildman–Crippen LogP) is 3.66. The molecule has 0 spiro atoms. The molecule has 0 saturated heterocycles. The minimum atomic E-state index is -0.0496. The Balaban J connectivity index is 1.77. The Bertz CT molecular complexity index is 575. The van der Waals surface area contributed by atoms with Crippen LogP contribution < -0.4 is 5.32 Å². The van der Waals surface area contributed by atoms with Crippen molar-refractivity contribution in [2.75, 3.05) is 0 Å². The van der Waals surface area contributed by atoms with Crippen LogP contribution in [0.25, 0.3) is 0 Å². The predicted molar refractivity (Wildman–Crippen MR) is 77.9 cm³/mol. The van der Waals surface area contributed by atoms with Gasteiger partial charge in [-0.05, 0) is 46.3 Å². The summed E-state index contributed by atoms with van der Waals surface area (Å²) in [6.45, 7) is 0. The van der Waals surface area contributed by atoms with Gasteiger partial charge in [0.2, 0.25) is 0 Å². The molecule has 1 heterocycles. The molecule has 1 aromatic carbocycles. The first-order valence-electron chi connectivity index (χ1n) is 6.44. The molecule has 1 aliphatic rings. The monoisotopic (exact) mass is 318 g/mol. The number of benzene rings is 1. The van der Waals surface area contributed by atoms with Crippen LogP contribution >= 0.6 is 15.9 Å². The zero-order valence-electron chi connectivity index (χ0n) is 10.4. The van der Waals surface area contributed by atoms with Crippen LogP contribution in [0, 0.1) is 5.92 Å². The van der Waals surface area contributed by atoms with Gasteiger partial charge in [0.1, 0.15) is 5.69 Å². The van der Waals surface area contributed by atoms with E-state index >= 15 is 0 Å². The van der Waals surface area contributed by atoms with Crippen LogP contribution in [-0.4, -0.2) is 10.9 Å². The van der Waals surface area contributed by atoms with Crippen LogP contribution in [0.15, 0.2) is 47.1 Å². The number of hydrogen-bond acceptors (Lipinski definition) is 1. The van der Waals surface area contributed by atoms with E-state index in [9.17, 15) is 4.79 Å². The number of hydrogen-bond donors (Lipinski definition) is 2. The average molecular weight is 319 g/mol. The van der Waals surface area contributed by atoms with Gasteiger partial charge >= 0.3 is 0 Å². The summed E-state index contributed by atoms with van der Waals surface area (Å²) in [5, 5.41) is 3.13. The standard InChI is InChI=1S/C15H15BrN2O/c16-12-8-13(17-9-12)15(19)18-14(11-6-7-11)10-4-2-1-3-5-10/h1-5,8-9,11,14,17H,6-7H2,(H,18,19). The summed E-state index contributed by atoms with van der Waals surface area (Å²) in [6.07, 6.45) is 4.14. The summed E-state index contributed by atoms with van der Waals surface area (Å²) >= 11 is 3.34. The third-order valence-electron chi connectivity index (χ3n) is 3.43. The van der Waals surface area contributed by atoms with Crippen molar-refractivity contribution in [3.8, 4) is 0 Å². The van der Waals surface area contributed by atoms with E-state index in [2.05, 4.69) is 38.4 Å². The van der Waals surface area contributed by atoms with Crippen molar-refractivity contribution in [2.24, 2.45) is 5.92 Å². The normalized spacial score (nSPS) is 16.1. The second-order valence-electron chi connectivity index (χ2n) is 4.93. The fourth-order valence-corrected chi connectivity index (χ4v) is 2.62. The van der Waals surface area contributed by atoms with E-state index in [1.54, 1.807) is 12.3 Å². The SMILES string of the molecule is O=C(NC(c1ccccc1)C1CC1)c1cc(Br)c[nH]1. The number of halogens is 1. The van der Waals surface area contributed by atoms with Crippen molar-refractivity contribution in [3.63, 3.8) is 0 Å². The van der Waals surface area contributed by atoms with E-state index in [-0.39, 0.29) is 11.9 Å². The third kappa shape index (κ3) is 2.89. The van der Waals surface area contributed by atoms with Crippen LogP contribution in [-0.2, 0) is 0 Å². The van der Waals surface area contributed by atoms with Crippen molar-refractivity contribution in [1.29, 1.82) is 0 Å². The molecule has 2 aromatic rings. The van der Waals surface area contributed by atoms with Crippen molar-refractivity contribution in [2.45, 2.75) is 18.9 Å². The Kier molecular flexibility index (Phi) is 3.42. The minimum absolute atomic E-state index is 0.0496. The lowest BCUT2D eigenvalue weighted by Gasteiger charge is -2.18. The van der Waals surface area contributed by atoms with Gasteiger partial charge in [0.25, 0.3) is 5.91 Å². The Morgan fingerprint density at radius 2 is 2.05 bits per heavy atom. The second kappa shape index (κ2) is 5.21. The highest BCUT2D eigenvalue weighted by molar-refractivity contribution is 9.10. The fourth-order valence-electron chi connectivity index (χ4n) is 2.28. The van der Waals surface area contributed by atoms with Gasteiger partial charge in [-0.1, -0.05) is 30.3 Å². The first-order valence-corrected chi connectivity index (χ1v) is 7.23. The van der Waals surface area contributed by atoms with Crippen molar-refractivity contribution >= 4 is 21.8 Å². The number of carbonyl (C=O) groups excluding carboxylic acids is 1. The molecule has 1 amide bonds. The molecule has 0 bridgehead atoms. The van der Waals surface area contributed by atoms with Crippen molar-refractivity contribution in [3.05, 3.63) is 58.3 Å². The molecule has 0 aliphatic heterocycles. The Morgan fingerprint density at radius 1 is 1.32 bits per heavy atom. The summed E-state index contributed by atoms with van der Waals surface area (Å²) in [4.78, 5) is 15.2. The molecule has 3 nitrogen and oxygen atoms in total. The molecule has 4 heteroatoms. The van der Waals surface area contributed by atoms with Crippen LogP contribution in [0.5, 0.6) is 0 Å². The summed E-state index contributed by atoms with van der Waals surface area (Å²) < 4.78 is 0.889. The maximum Gasteiger partial charge on any atom is 0.268 e. The average Bonchev–Trinajstić information content (AvgIpc) is 3.18. The lowest BCUT2D eigenvalue weighted by atomic mass is 10.0. The number of carbonyl (C=O) groups is 1. The molecule has 98 valence electrons. The Morgan fingerprint density at radius 3 is 2.63 bits per heavy atom. The molecular weight excluding hydrogens is 304 g/mol. The quantitative estimate of drug-likeness (QED) is 0.887. The molecule has 1 aliphatic carbocycles. The van der Waals surface area contributed by atoms with Crippen LogP contribution in [0.3, 0.4) is 0 Å². The van der Waals surface area contributed by atoms with Gasteiger partial charge < -0.3 is 10.3 Å². The molecule has 1 fully saturated rings. The van der Waals surface area contributed by atoms with Crippen LogP contribution in [0.1, 0.15) is 34.9 Å². The molecule has 3 rings (SSSR count). The molecule has 0 radical (unpaired) electrons. The van der Waals surface area contributed by atoms with Gasteiger partial charge in [0.15, 0.2) is 0 Å². The number of H-pyrrole nitrogens is 1. The van der Waals surface area contributed by atoms with Crippen LogP contribution in [0.4, 0.5) is 0 Å². The lowest BCUT2D eigenvalue weighted by Crippen LogP contribution is -2.30. The maximum atomic E-state index is 12.2. The molecule has 1 saturated carbocycles. The molecule has 19 heavy (non-hydrogen) atoms. The van der Waals surface area contributed by atoms with E-state index in [4.69, 9.17) is 0 Å². The topological polar surface area (TPSA) is 44.9 Å². The number of nitrogens with one attached hydrogen (secondary N) is 2. The molecule has 2 N–H and O–H groups in total. The first kappa shape index (κ1) is 12.5. The summed E-state index contributed by atoms with van der Waals surface area (Å²) in [7, 11) is 0. The smallest absolute Gasteiger partial charge is 0.268 e. The Hall–Kier alpha value is -1.55. The number of aromatic nitrogens is 1. The zero-order chi connectivity index (χ0) is 13.2. The van der Waals surface area contributed by atoms with Crippen molar-refractivity contribution in [1.82, 2.24) is 10.3 Å². The zero-order valence-corrected chi connectivity index (χ0v) is 12.0. The van der Waals surface area contributed by atoms with Gasteiger partial charge in [-0.25, -0.2) is 0 Å². The highest BCUT2D eigenvalue weighted by Gasteiger charge is 2.33. The number of aromatic amines is 1. The highest BCUT2D eigenvalue weighted by Crippen LogP contribution is 2.41. The van der Waals surface area contributed by atoms with E-state index in [0.717, 1.165) is 4.47 Å². The van der Waals surface area contributed by atoms with Gasteiger partial charge in [-0.15, -0.1) is 0 Å². The van der Waals surface area contributed by atoms with Gasteiger partial charge in [-0.3, -0.25) is 4.79 Å². The lowest BCUT2D eigenvalue weighted by molar-refractivity contribution is 0.0927. The third-order valence-corrected chi connectivity index (χ3v) is 3.89. The molecule has 1 unspecified atom stereocenters. The van der Waals surface area contributed by atoms with E-state index in [1.807, 2.05) is 18.2 Å². The second-order valence-corrected chi connectivity index (χ2v) is 5.85. The van der Waals surface area contributed by atoms with Gasteiger partial charge in [0, 0.05) is 10.7 Å². The summed E-state index contributed by atoms with van der Waals surface area (Å²) in [5.74, 6) is 0.524. The molecular formula is C15H15BrN2O. The van der Waals surface area contributed by atoms with Crippen molar-refractivity contribution < 1.29 is 4.79 Å². The van der Waals surface area contributed by atoms with E-state index in [1.165, 1.54) is 18.4 Å². The maximum absolute atomic E-state index is 12.2. The molecule has 1 aromatic heterocycles. The van der Waals surface area contributed by atoms with Gasteiger partial charge in [-0.2, -0.15) is 0 Å². The Labute approximate surface area is 120 Å². The fraction of sp³-hybridized carbons (Fsp3) is 0.267. The van der Waals surface area contributed by atoms with E-state index in [0.29, 0.717) is 11.6 Å².